The first kappa shape index (κ1) is 24.4. The first-order chi connectivity index (χ1) is 15.1. The Bertz CT molecular complexity index is 768. The number of rotatable bonds is 5. The lowest BCUT2D eigenvalue weighted by atomic mass is 9.98. The number of pyridine rings is 1. The summed E-state index contributed by atoms with van der Waals surface area (Å²) in [4.78, 5) is 30.9. The minimum atomic E-state index is -5.08. The zero-order chi connectivity index (χ0) is 23.3. The summed E-state index contributed by atoms with van der Waals surface area (Å²) >= 11 is 0. The van der Waals surface area contributed by atoms with Gasteiger partial charge in [0.2, 0.25) is 0 Å². The van der Waals surface area contributed by atoms with Gasteiger partial charge in [-0.1, -0.05) is 6.42 Å². The molecule has 3 saturated heterocycles. The van der Waals surface area contributed by atoms with Crippen molar-refractivity contribution in [2.24, 2.45) is 5.73 Å². The minimum absolute atomic E-state index is 0.216. The maximum absolute atomic E-state index is 12.5. The van der Waals surface area contributed by atoms with Crippen LogP contribution in [0, 0.1) is 0 Å². The number of Topliss-reactive ketones (excluding diaryl/α,β-unsaturated/α-hetero) is 1. The molecule has 7 nitrogen and oxygen atoms in total. The van der Waals surface area contributed by atoms with E-state index < -0.39 is 12.1 Å². The van der Waals surface area contributed by atoms with E-state index in [1.807, 2.05) is 12.1 Å². The number of carbonyl (C=O) groups excluding carboxylic acids is 1. The van der Waals surface area contributed by atoms with Gasteiger partial charge in [0.05, 0.1) is 0 Å². The van der Waals surface area contributed by atoms with Crippen molar-refractivity contribution in [3.63, 3.8) is 0 Å². The zero-order valence-corrected chi connectivity index (χ0v) is 18.1. The lowest BCUT2D eigenvalue weighted by Gasteiger charge is -2.38. The lowest BCUT2D eigenvalue weighted by Crippen LogP contribution is -2.47. The van der Waals surface area contributed by atoms with E-state index in [0.717, 1.165) is 43.9 Å². The van der Waals surface area contributed by atoms with Gasteiger partial charge in [-0.15, -0.1) is 0 Å². The van der Waals surface area contributed by atoms with E-state index in [0.29, 0.717) is 24.5 Å². The second-order valence-corrected chi connectivity index (χ2v) is 8.81. The Morgan fingerprint density at radius 2 is 1.69 bits per heavy atom. The number of carboxylic acid groups (broad SMARTS) is 1. The number of hydrogen-bond acceptors (Lipinski definition) is 6. The van der Waals surface area contributed by atoms with Crippen LogP contribution in [0.2, 0.25) is 0 Å². The molecule has 1 aromatic rings. The molecule has 178 valence electrons. The molecule has 10 heteroatoms. The molecule has 3 aliphatic rings. The van der Waals surface area contributed by atoms with Crippen molar-refractivity contribution in [2.75, 3.05) is 24.5 Å². The monoisotopic (exact) mass is 456 g/mol. The Hall–Kier alpha value is -2.20. The molecule has 0 radical (unpaired) electrons. The molecule has 0 saturated carbocycles. The highest BCUT2D eigenvalue weighted by Crippen LogP contribution is 2.37. The summed E-state index contributed by atoms with van der Waals surface area (Å²) in [7, 11) is 0. The van der Waals surface area contributed by atoms with Crippen LogP contribution in [0.1, 0.15) is 61.7 Å². The highest BCUT2D eigenvalue weighted by atomic mass is 19.4. The predicted octanol–water partition coefficient (Wildman–Crippen LogP) is 3.23. The van der Waals surface area contributed by atoms with Gasteiger partial charge in [-0.3, -0.25) is 4.79 Å². The quantitative estimate of drug-likeness (QED) is 0.656. The second-order valence-electron chi connectivity index (χ2n) is 8.81. The van der Waals surface area contributed by atoms with Crippen molar-refractivity contribution in [1.82, 2.24) is 9.88 Å². The molecule has 0 aliphatic carbocycles. The molecule has 32 heavy (non-hydrogen) atoms. The average Bonchev–Trinajstić information content (AvgIpc) is 3.03. The number of alkyl halides is 3. The fraction of sp³-hybridized carbons (Fsp3) is 0.682. The second kappa shape index (κ2) is 10.6. The van der Waals surface area contributed by atoms with Crippen molar-refractivity contribution >= 4 is 17.6 Å². The van der Waals surface area contributed by atoms with Gasteiger partial charge in [0, 0.05) is 42.9 Å². The molecule has 0 aromatic carbocycles. The predicted molar refractivity (Wildman–Crippen MR) is 114 cm³/mol. The third-order valence-corrected chi connectivity index (χ3v) is 6.45. The molecule has 3 aliphatic heterocycles. The molecule has 0 spiro atoms. The Morgan fingerprint density at radius 3 is 2.19 bits per heavy atom. The number of aromatic nitrogens is 1. The van der Waals surface area contributed by atoms with Crippen LogP contribution < -0.4 is 10.6 Å². The van der Waals surface area contributed by atoms with Gasteiger partial charge in [0.25, 0.3) is 0 Å². The van der Waals surface area contributed by atoms with E-state index in [2.05, 4.69) is 14.8 Å². The summed E-state index contributed by atoms with van der Waals surface area (Å²) in [6.45, 7) is 3.17. The Balaban J connectivity index is 0.000000360. The van der Waals surface area contributed by atoms with E-state index in [-0.39, 0.29) is 5.78 Å². The van der Waals surface area contributed by atoms with Gasteiger partial charge < -0.3 is 20.6 Å². The Morgan fingerprint density at radius 1 is 1.09 bits per heavy atom. The van der Waals surface area contributed by atoms with Crippen LogP contribution in [0.4, 0.5) is 19.0 Å². The van der Waals surface area contributed by atoms with E-state index in [1.54, 1.807) is 6.20 Å². The summed E-state index contributed by atoms with van der Waals surface area (Å²) in [5.74, 6) is -1.52. The summed E-state index contributed by atoms with van der Waals surface area (Å²) in [6, 6.07) is 5.40. The summed E-state index contributed by atoms with van der Waals surface area (Å²) in [5, 5.41) is 7.12. The number of piperidine rings is 2. The molecule has 2 atom stereocenters. The van der Waals surface area contributed by atoms with E-state index in [9.17, 15) is 18.0 Å². The zero-order valence-electron chi connectivity index (χ0n) is 18.1. The number of carboxylic acids is 1. The molecule has 2 unspecified atom stereocenters. The molecule has 4 rings (SSSR count). The van der Waals surface area contributed by atoms with E-state index in [4.69, 9.17) is 15.6 Å². The average molecular weight is 457 g/mol. The standard InChI is InChI=1S/C20H30N4O.C2HF3O2/c21-16-12-17-5-6-18(13-16)24(17)20-7-4-15(14-22-20)19(25)8-11-23-9-2-1-3-10-23;3-2(4,5)1(6)7/h4,7,14,16-18H,1-3,5-6,8-13,21H2;(H,6,7). The molecule has 1 aromatic heterocycles. The summed E-state index contributed by atoms with van der Waals surface area (Å²) in [6.07, 6.45) is 5.74. The van der Waals surface area contributed by atoms with E-state index in [1.165, 1.54) is 32.1 Å². The molecular weight excluding hydrogens is 425 g/mol. The molecule has 4 heterocycles. The van der Waals surface area contributed by atoms with Gasteiger partial charge in [-0.05, 0) is 63.7 Å². The number of ketones is 1. The van der Waals surface area contributed by atoms with Crippen molar-refractivity contribution in [3.05, 3.63) is 23.9 Å². The Labute approximate surface area is 185 Å². The number of carbonyl (C=O) groups is 2. The highest BCUT2D eigenvalue weighted by molar-refractivity contribution is 5.96. The third kappa shape index (κ3) is 6.41. The van der Waals surface area contributed by atoms with Crippen LogP contribution in [0.5, 0.6) is 0 Å². The number of nitrogens with two attached hydrogens (primary N) is 1. The third-order valence-electron chi connectivity index (χ3n) is 6.45. The highest BCUT2D eigenvalue weighted by Gasteiger charge is 2.40. The maximum Gasteiger partial charge on any atom is 0.490 e. The number of hydrogen-bond donors (Lipinski definition) is 2. The van der Waals surface area contributed by atoms with Crippen molar-refractivity contribution in [2.45, 2.75) is 75.7 Å². The fourth-order valence-corrected chi connectivity index (χ4v) is 4.88. The number of nitrogens with zero attached hydrogens (tertiary/aromatic N) is 3. The number of aliphatic carboxylic acids is 1. The van der Waals surface area contributed by atoms with Gasteiger partial charge in [0.1, 0.15) is 5.82 Å². The van der Waals surface area contributed by atoms with Gasteiger partial charge in [-0.2, -0.15) is 13.2 Å². The molecular formula is C22H31F3N4O3. The van der Waals surface area contributed by atoms with Crippen LogP contribution >= 0.6 is 0 Å². The SMILES string of the molecule is NC1CC2CCC(C1)N2c1ccc(C(=O)CCN2CCCCC2)cn1.O=C(O)C(F)(F)F. The van der Waals surface area contributed by atoms with Crippen molar-refractivity contribution in [3.8, 4) is 0 Å². The molecule has 3 N–H and O–H groups in total. The number of likely N-dealkylation sites (tertiary alicyclic amines) is 1. The maximum atomic E-state index is 12.5. The number of fused-ring (bicyclic) bond motifs is 2. The lowest BCUT2D eigenvalue weighted by molar-refractivity contribution is -0.192. The topological polar surface area (TPSA) is 99.8 Å². The van der Waals surface area contributed by atoms with Crippen LogP contribution in [0.25, 0.3) is 0 Å². The minimum Gasteiger partial charge on any atom is -0.475 e. The van der Waals surface area contributed by atoms with Gasteiger partial charge in [0.15, 0.2) is 5.78 Å². The van der Waals surface area contributed by atoms with Crippen LogP contribution in [0.15, 0.2) is 18.3 Å². The first-order valence-corrected chi connectivity index (χ1v) is 11.2. The van der Waals surface area contributed by atoms with E-state index >= 15 is 0 Å². The first-order valence-electron chi connectivity index (χ1n) is 11.2. The molecule has 3 fully saturated rings. The van der Waals surface area contributed by atoms with Gasteiger partial charge in [-0.25, -0.2) is 9.78 Å². The van der Waals surface area contributed by atoms with Crippen LogP contribution in [-0.2, 0) is 4.79 Å². The van der Waals surface area contributed by atoms with Crippen LogP contribution in [-0.4, -0.2) is 70.7 Å². The number of anilines is 1. The van der Waals surface area contributed by atoms with Crippen LogP contribution in [0.3, 0.4) is 0 Å². The summed E-state index contributed by atoms with van der Waals surface area (Å²) in [5.41, 5.74) is 6.91. The Kier molecular flexibility index (Phi) is 8.10. The normalized spacial score (nSPS) is 25.8. The van der Waals surface area contributed by atoms with Gasteiger partial charge >= 0.3 is 12.1 Å². The van der Waals surface area contributed by atoms with Crippen molar-refractivity contribution < 1.29 is 27.9 Å². The molecule has 0 amide bonds. The molecule has 2 bridgehead atoms. The largest absolute Gasteiger partial charge is 0.490 e. The fourth-order valence-electron chi connectivity index (χ4n) is 4.88. The van der Waals surface area contributed by atoms with Crippen molar-refractivity contribution in [1.29, 1.82) is 0 Å². The number of halogens is 3. The summed E-state index contributed by atoms with van der Waals surface area (Å²) < 4.78 is 31.7. The smallest absolute Gasteiger partial charge is 0.475 e.